The van der Waals surface area contributed by atoms with Crippen molar-refractivity contribution in [2.45, 2.75) is 25.1 Å². The summed E-state index contributed by atoms with van der Waals surface area (Å²) in [5, 5.41) is 11.3. The van der Waals surface area contributed by atoms with Crippen LogP contribution in [0.1, 0.15) is 18.4 Å². The van der Waals surface area contributed by atoms with Gasteiger partial charge in [0.05, 0.1) is 5.56 Å². The van der Waals surface area contributed by atoms with E-state index >= 15 is 0 Å². The average Bonchev–Trinajstić information content (AvgIpc) is 2.57. The third-order valence-electron chi connectivity index (χ3n) is 3.82. The van der Waals surface area contributed by atoms with Crippen molar-refractivity contribution in [3.05, 3.63) is 23.8 Å². The molecule has 2 rings (SSSR count). The number of ether oxygens (including phenoxy) is 1. The lowest BCUT2D eigenvalue weighted by Crippen LogP contribution is -2.35. The maximum absolute atomic E-state index is 13.0. The van der Waals surface area contributed by atoms with Crippen molar-refractivity contribution in [3.63, 3.8) is 0 Å². The number of hydrogen-bond donors (Lipinski definition) is 1. The van der Waals surface area contributed by atoms with Gasteiger partial charge in [0.15, 0.2) is 11.4 Å². The summed E-state index contributed by atoms with van der Waals surface area (Å²) in [6.45, 7) is 1.74. The topological polar surface area (TPSA) is 60.6 Å². The third-order valence-corrected chi connectivity index (χ3v) is 4.40. The first-order valence-corrected chi connectivity index (χ1v) is 8.90. The highest BCUT2D eigenvalue weighted by Gasteiger charge is 2.31. The number of aliphatic imine (C=N–C) groups is 1. The van der Waals surface area contributed by atoms with Crippen LogP contribution in [-0.4, -0.2) is 42.6 Å². The summed E-state index contributed by atoms with van der Waals surface area (Å²) in [6, 6.07) is 3.23. The zero-order valence-electron chi connectivity index (χ0n) is 13.9. The van der Waals surface area contributed by atoms with Gasteiger partial charge in [0.25, 0.3) is 0 Å². The predicted molar refractivity (Wildman–Crippen MR) is 91.9 cm³/mol. The van der Waals surface area contributed by atoms with Crippen molar-refractivity contribution >= 4 is 22.6 Å². The minimum Gasteiger partial charge on any atom is -0.488 e. The fraction of sp³-hybridized carbons (Fsp3) is 0.500. The Morgan fingerprint density at radius 2 is 2.08 bits per heavy atom. The summed E-state index contributed by atoms with van der Waals surface area (Å²) in [5.74, 6) is 0.286. The van der Waals surface area contributed by atoms with Gasteiger partial charge in [-0.05, 0) is 44.3 Å². The van der Waals surface area contributed by atoms with Crippen LogP contribution in [0.3, 0.4) is 0 Å². The van der Waals surface area contributed by atoms with E-state index in [9.17, 15) is 13.2 Å². The van der Waals surface area contributed by atoms with Crippen LogP contribution in [0.25, 0.3) is 0 Å². The van der Waals surface area contributed by atoms with Crippen molar-refractivity contribution < 1.29 is 17.9 Å². The molecule has 0 aliphatic carbocycles. The van der Waals surface area contributed by atoms with Crippen LogP contribution in [0.2, 0.25) is 0 Å². The molecule has 0 aromatic heterocycles. The summed E-state index contributed by atoms with van der Waals surface area (Å²) in [6.07, 6.45) is 0.451. The SMILES string of the molecule is CSC(=Nc1cc(C(F)(F)F)ccc1OC1CCN(C)CC1)NC#N. The zero-order chi connectivity index (χ0) is 18.4. The number of likely N-dealkylation sites (tertiary alicyclic amines) is 1. The second-order valence-electron chi connectivity index (χ2n) is 5.66. The van der Waals surface area contributed by atoms with Gasteiger partial charge in [0.2, 0.25) is 0 Å². The molecular formula is C16H19F3N4OS. The minimum atomic E-state index is -4.47. The lowest BCUT2D eigenvalue weighted by molar-refractivity contribution is -0.137. The van der Waals surface area contributed by atoms with E-state index in [1.54, 1.807) is 12.4 Å². The van der Waals surface area contributed by atoms with E-state index in [1.165, 1.54) is 6.07 Å². The van der Waals surface area contributed by atoms with Crippen molar-refractivity contribution in [3.8, 4) is 11.9 Å². The molecule has 0 radical (unpaired) electrons. The van der Waals surface area contributed by atoms with Gasteiger partial charge in [-0.1, -0.05) is 11.8 Å². The molecule has 0 spiro atoms. The van der Waals surface area contributed by atoms with Gasteiger partial charge in [-0.3, -0.25) is 5.32 Å². The Kier molecular flexibility index (Phi) is 6.56. The van der Waals surface area contributed by atoms with Crippen LogP contribution in [0.4, 0.5) is 18.9 Å². The summed E-state index contributed by atoms with van der Waals surface area (Å²) in [4.78, 5) is 6.31. The first-order chi connectivity index (χ1) is 11.8. The standard InChI is InChI=1S/C16H19F3N4OS/c1-23-7-5-12(6-8-23)24-14-4-3-11(16(17,18)19)9-13(14)22-15(25-2)21-10-20/h3-4,9,12H,5-8H2,1-2H3,(H,21,22). The van der Waals surface area contributed by atoms with Crippen molar-refractivity contribution in [1.29, 1.82) is 5.26 Å². The number of nitrogens with one attached hydrogen (secondary N) is 1. The lowest BCUT2D eigenvalue weighted by atomic mass is 10.1. The van der Waals surface area contributed by atoms with E-state index in [-0.39, 0.29) is 22.7 Å². The molecular weight excluding hydrogens is 353 g/mol. The minimum absolute atomic E-state index is 0.0563. The lowest BCUT2D eigenvalue weighted by Gasteiger charge is -2.29. The number of nitrogens with zero attached hydrogens (tertiary/aromatic N) is 3. The summed E-state index contributed by atoms with van der Waals surface area (Å²) in [7, 11) is 2.02. The molecule has 1 aliphatic rings. The number of amidine groups is 1. The molecule has 1 fully saturated rings. The number of piperidine rings is 1. The van der Waals surface area contributed by atoms with Gasteiger partial charge in [-0.2, -0.15) is 18.4 Å². The average molecular weight is 372 g/mol. The largest absolute Gasteiger partial charge is 0.488 e. The molecule has 9 heteroatoms. The maximum atomic E-state index is 13.0. The number of rotatable bonds is 3. The molecule has 0 saturated carbocycles. The molecule has 1 saturated heterocycles. The molecule has 1 N–H and O–H groups in total. The highest BCUT2D eigenvalue weighted by atomic mass is 32.2. The second-order valence-corrected chi connectivity index (χ2v) is 6.45. The van der Waals surface area contributed by atoms with Crippen molar-refractivity contribution in [2.24, 2.45) is 4.99 Å². The molecule has 1 aliphatic heterocycles. The summed E-state index contributed by atoms with van der Waals surface area (Å²) in [5.41, 5.74) is -0.750. The normalized spacial score (nSPS) is 17.2. The molecule has 5 nitrogen and oxygen atoms in total. The highest BCUT2D eigenvalue weighted by Crippen LogP contribution is 2.37. The van der Waals surface area contributed by atoms with E-state index < -0.39 is 11.7 Å². The third kappa shape index (κ3) is 5.54. The number of thioether (sulfide) groups is 1. The molecule has 0 unspecified atom stereocenters. The second kappa shape index (κ2) is 8.45. The predicted octanol–water partition coefficient (Wildman–Crippen LogP) is 3.60. The van der Waals surface area contributed by atoms with E-state index in [4.69, 9.17) is 10.00 Å². The van der Waals surface area contributed by atoms with Gasteiger partial charge in [0, 0.05) is 13.1 Å². The number of benzene rings is 1. The number of halogens is 3. The Bertz CT molecular complexity index is 664. The molecule has 1 aromatic rings. The van der Waals surface area contributed by atoms with Crippen molar-refractivity contribution in [1.82, 2.24) is 10.2 Å². The van der Waals surface area contributed by atoms with E-state index in [2.05, 4.69) is 15.2 Å². The van der Waals surface area contributed by atoms with E-state index in [0.717, 1.165) is 49.8 Å². The van der Waals surface area contributed by atoms with Crippen LogP contribution in [-0.2, 0) is 6.18 Å². The Labute approximate surface area is 148 Å². The monoisotopic (exact) mass is 372 g/mol. The molecule has 1 aromatic carbocycles. The Morgan fingerprint density at radius 1 is 1.40 bits per heavy atom. The first-order valence-electron chi connectivity index (χ1n) is 7.67. The highest BCUT2D eigenvalue weighted by molar-refractivity contribution is 8.13. The summed E-state index contributed by atoms with van der Waals surface area (Å²) < 4.78 is 44.9. The maximum Gasteiger partial charge on any atom is 0.416 e. The van der Waals surface area contributed by atoms with Gasteiger partial charge >= 0.3 is 6.18 Å². The fourth-order valence-corrected chi connectivity index (χ4v) is 2.78. The number of hydrogen-bond acceptors (Lipinski definition) is 5. The Balaban J connectivity index is 2.32. The van der Waals surface area contributed by atoms with Gasteiger partial charge in [-0.15, -0.1) is 0 Å². The van der Waals surface area contributed by atoms with Crippen LogP contribution in [0.5, 0.6) is 5.75 Å². The Morgan fingerprint density at radius 3 is 2.64 bits per heavy atom. The summed E-state index contributed by atoms with van der Waals surface area (Å²) >= 11 is 1.13. The smallest absolute Gasteiger partial charge is 0.416 e. The quantitative estimate of drug-likeness (QED) is 0.380. The molecule has 0 amide bonds. The molecule has 0 atom stereocenters. The number of nitriles is 1. The van der Waals surface area contributed by atoms with Crippen LogP contribution in [0.15, 0.2) is 23.2 Å². The van der Waals surface area contributed by atoms with Crippen LogP contribution < -0.4 is 10.1 Å². The van der Waals surface area contributed by atoms with Crippen LogP contribution >= 0.6 is 11.8 Å². The molecule has 25 heavy (non-hydrogen) atoms. The first kappa shape index (κ1) is 19.4. The Hall–Kier alpha value is -1.92. The zero-order valence-corrected chi connectivity index (χ0v) is 14.7. The van der Waals surface area contributed by atoms with E-state index in [0.29, 0.717) is 0 Å². The molecule has 1 heterocycles. The van der Waals surface area contributed by atoms with Gasteiger partial charge in [0.1, 0.15) is 17.5 Å². The van der Waals surface area contributed by atoms with Crippen LogP contribution in [0, 0.1) is 11.5 Å². The van der Waals surface area contributed by atoms with Gasteiger partial charge in [-0.25, -0.2) is 4.99 Å². The van der Waals surface area contributed by atoms with Gasteiger partial charge < -0.3 is 9.64 Å². The van der Waals surface area contributed by atoms with Crippen molar-refractivity contribution in [2.75, 3.05) is 26.4 Å². The number of alkyl halides is 3. The fourth-order valence-electron chi connectivity index (χ4n) is 2.44. The molecule has 0 bridgehead atoms. The molecule has 136 valence electrons. The van der Waals surface area contributed by atoms with E-state index in [1.807, 2.05) is 7.05 Å².